The van der Waals surface area contributed by atoms with Gasteiger partial charge in [0.1, 0.15) is 5.75 Å². The van der Waals surface area contributed by atoms with Crippen molar-refractivity contribution in [2.24, 2.45) is 0 Å². The Balaban J connectivity index is 3.25. The lowest BCUT2D eigenvalue weighted by Gasteiger charge is -2.08. The number of aliphatic carboxylic acids is 1. The van der Waals surface area contributed by atoms with E-state index in [9.17, 15) is 4.79 Å². The molecule has 0 amide bonds. The number of rotatable bonds is 3. The van der Waals surface area contributed by atoms with Crippen LogP contribution in [0.15, 0.2) is 12.1 Å². The molecule has 0 aliphatic rings. The van der Waals surface area contributed by atoms with Gasteiger partial charge >= 0.3 is 5.97 Å². The third kappa shape index (κ3) is 2.47. The van der Waals surface area contributed by atoms with E-state index in [1.165, 1.54) is 7.11 Å². The van der Waals surface area contributed by atoms with Crippen LogP contribution in [0.25, 0.3) is 0 Å². The Hall–Kier alpha value is -2.02. The van der Waals surface area contributed by atoms with Gasteiger partial charge in [-0.05, 0) is 30.2 Å². The fourth-order valence-corrected chi connectivity index (χ4v) is 1.33. The van der Waals surface area contributed by atoms with Gasteiger partial charge in [-0.3, -0.25) is 4.79 Å². The number of carbonyl (C=O) groups is 1. The monoisotopic (exact) mass is 205 g/mol. The molecule has 0 radical (unpaired) electrons. The lowest BCUT2D eigenvalue weighted by atomic mass is 10.0. The van der Waals surface area contributed by atoms with Gasteiger partial charge < -0.3 is 9.84 Å². The zero-order valence-electron chi connectivity index (χ0n) is 8.57. The fourth-order valence-electron chi connectivity index (χ4n) is 1.33. The van der Waals surface area contributed by atoms with E-state index in [1.807, 2.05) is 6.07 Å². The zero-order chi connectivity index (χ0) is 11.4. The molecule has 0 heterocycles. The van der Waals surface area contributed by atoms with E-state index in [0.717, 1.165) is 0 Å². The molecule has 0 aliphatic heterocycles. The summed E-state index contributed by atoms with van der Waals surface area (Å²) in [6, 6.07) is 5.25. The first-order valence-corrected chi connectivity index (χ1v) is 4.38. The summed E-state index contributed by atoms with van der Waals surface area (Å²) in [5.41, 5.74) is 1.75. The number of hydrogen-bond donors (Lipinski definition) is 1. The molecule has 0 unspecified atom stereocenters. The van der Waals surface area contributed by atoms with Crippen LogP contribution in [0.4, 0.5) is 0 Å². The van der Waals surface area contributed by atoms with Crippen LogP contribution in [0, 0.1) is 18.3 Å². The highest BCUT2D eigenvalue weighted by atomic mass is 16.5. The molecular formula is C11H11NO3. The topological polar surface area (TPSA) is 70.3 Å². The number of benzene rings is 1. The standard InChI is InChI=1S/C11H11NO3/c1-7-8(5-11(13)14)3-10(15-2)4-9(7)6-12/h3-4H,5H2,1-2H3,(H,13,14). The van der Waals surface area contributed by atoms with Crippen LogP contribution < -0.4 is 4.74 Å². The van der Waals surface area contributed by atoms with E-state index in [2.05, 4.69) is 0 Å². The van der Waals surface area contributed by atoms with Crippen LogP contribution in [0.2, 0.25) is 0 Å². The van der Waals surface area contributed by atoms with Crippen molar-refractivity contribution in [3.8, 4) is 11.8 Å². The fraction of sp³-hybridized carbons (Fsp3) is 0.273. The maximum atomic E-state index is 10.6. The van der Waals surface area contributed by atoms with Crippen LogP contribution in [0.1, 0.15) is 16.7 Å². The summed E-state index contributed by atoms with van der Waals surface area (Å²) < 4.78 is 4.99. The molecule has 0 fully saturated rings. The summed E-state index contributed by atoms with van der Waals surface area (Å²) >= 11 is 0. The maximum absolute atomic E-state index is 10.6. The Labute approximate surface area is 87.7 Å². The van der Waals surface area contributed by atoms with Crippen LogP contribution in [0.3, 0.4) is 0 Å². The summed E-state index contributed by atoms with van der Waals surface area (Å²) in [5, 5.41) is 17.5. The highest BCUT2D eigenvalue weighted by Crippen LogP contribution is 2.21. The summed E-state index contributed by atoms with van der Waals surface area (Å²) in [7, 11) is 1.48. The summed E-state index contributed by atoms with van der Waals surface area (Å²) in [4.78, 5) is 10.6. The average molecular weight is 205 g/mol. The molecule has 0 atom stereocenters. The van der Waals surface area contributed by atoms with Gasteiger partial charge in [-0.25, -0.2) is 0 Å². The van der Waals surface area contributed by atoms with E-state index in [0.29, 0.717) is 22.4 Å². The molecular weight excluding hydrogens is 194 g/mol. The van der Waals surface area contributed by atoms with E-state index in [4.69, 9.17) is 15.1 Å². The second kappa shape index (κ2) is 4.47. The van der Waals surface area contributed by atoms with Crippen molar-refractivity contribution in [1.29, 1.82) is 5.26 Å². The Bertz CT molecular complexity index is 432. The Morgan fingerprint density at radius 1 is 1.60 bits per heavy atom. The quantitative estimate of drug-likeness (QED) is 0.811. The minimum absolute atomic E-state index is 0.0995. The second-order valence-electron chi connectivity index (χ2n) is 3.14. The molecule has 1 aromatic carbocycles. The Morgan fingerprint density at radius 3 is 2.73 bits per heavy atom. The molecule has 0 saturated carbocycles. The van der Waals surface area contributed by atoms with Crippen molar-refractivity contribution in [2.45, 2.75) is 13.3 Å². The van der Waals surface area contributed by atoms with E-state index < -0.39 is 5.97 Å². The molecule has 0 saturated heterocycles. The lowest BCUT2D eigenvalue weighted by Crippen LogP contribution is -2.03. The van der Waals surface area contributed by atoms with Crippen molar-refractivity contribution in [1.82, 2.24) is 0 Å². The SMILES string of the molecule is COc1cc(C#N)c(C)c(CC(=O)O)c1. The first kappa shape index (κ1) is 11.1. The van der Waals surface area contributed by atoms with Crippen LogP contribution in [0.5, 0.6) is 5.75 Å². The molecule has 0 aromatic heterocycles. The maximum Gasteiger partial charge on any atom is 0.307 e. The first-order valence-electron chi connectivity index (χ1n) is 4.38. The minimum atomic E-state index is -0.921. The van der Waals surface area contributed by atoms with Crippen LogP contribution in [-0.2, 0) is 11.2 Å². The van der Waals surface area contributed by atoms with Gasteiger partial charge in [0.05, 0.1) is 25.2 Å². The summed E-state index contributed by atoms with van der Waals surface area (Å²) in [6.45, 7) is 1.73. The van der Waals surface area contributed by atoms with E-state index in [1.54, 1.807) is 19.1 Å². The van der Waals surface area contributed by atoms with Crippen molar-refractivity contribution in [2.75, 3.05) is 7.11 Å². The average Bonchev–Trinajstić information content (AvgIpc) is 2.20. The van der Waals surface area contributed by atoms with E-state index >= 15 is 0 Å². The van der Waals surface area contributed by atoms with Gasteiger partial charge in [0, 0.05) is 0 Å². The molecule has 0 aliphatic carbocycles. The van der Waals surface area contributed by atoms with Crippen molar-refractivity contribution < 1.29 is 14.6 Å². The second-order valence-corrected chi connectivity index (χ2v) is 3.14. The van der Waals surface area contributed by atoms with Crippen molar-refractivity contribution in [3.63, 3.8) is 0 Å². The number of methoxy groups -OCH3 is 1. The number of nitriles is 1. The first-order chi connectivity index (χ1) is 7.08. The molecule has 4 heteroatoms. The molecule has 4 nitrogen and oxygen atoms in total. The van der Waals surface area contributed by atoms with Gasteiger partial charge in [-0.15, -0.1) is 0 Å². The van der Waals surface area contributed by atoms with Crippen LogP contribution in [-0.4, -0.2) is 18.2 Å². The van der Waals surface area contributed by atoms with Gasteiger partial charge in [-0.1, -0.05) is 0 Å². The highest BCUT2D eigenvalue weighted by molar-refractivity contribution is 5.71. The normalized spacial score (nSPS) is 9.40. The number of carboxylic acid groups (broad SMARTS) is 1. The third-order valence-corrected chi connectivity index (χ3v) is 2.19. The highest BCUT2D eigenvalue weighted by Gasteiger charge is 2.10. The summed E-state index contributed by atoms with van der Waals surface area (Å²) in [5.74, 6) is -0.413. The van der Waals surface area contributed by atoms with E-state index in [-0.39, 0.29) is 6.42 Å². The molecule has 15 heavy (non-hydrogen) atoms. The predicted molar refractivity (Wildman–Crippen MR) is 53.8 cm³/mol. The lowest BCUT2D eigenvalue weighted by molar-refractivity contribution is -0.136. The molecule has 1 N–H and O–H groups in total. The minimum Gasteiger partial charge on any atom is -0.497 e. The Kier molecular flexibility index (Phi) is 3.29. The van der Waals surface area contributed by atoms with Gasteiger partial charge in [0.15, 0.2) is 0 Å². The smallest absolute Gasteiger partial charge is 0.307 e. The Morgan fingerprint density at radius 2 is 2.27 bits per heavy atom. The number of hydrogen-bond acceptors (Lipinski definition) is 3. The third-order valence-electron chi connectivity index (χ3n) is 2.19. The van der Waals surface area contributed by atoms with Gasteiger partial charge in [0.2, 0.25) is 0 Å². The molecule has 0 spiro atoms. The molecule has 78 valence electrons. The van der Waals surface area contributed by atoms with Gasteiger partial charge in [0.25, 0.3) is 0 Å². The van der Waals surface area contributed by atoms with Crippen LogP contribution >= 0.6 is 0 Å². The molecule has 0 bridgehead atoms. The number of nitrogens with zero attached hydrogens (tertiary/aromatic N) is 1. The molecule has 1 aromatic rings. The largest absolute Gasteiger partial charge is 0.497 e. The number of carboxylic acids is 1. The van der Waals surface area contributed by atoms with Gasteiger partial charge in [-0.2, -0.15) is 5.26 Å². The summed E-state index contributed by atoms with van der Waals surface area (Å²) in [6.07, 6.45) is -0.0995. The zero-order valence-corrected chi connectivity index (χ0v) is 8.57. The van der Waals surface area contributed by atoms with Crippen molar-refractivity contribution in [3.05, 3.63) is 28.8 Å². The predicted octanol–water partition coefficient (Wildman–Crippen LogP) is 1.50. The van der Waals surface area contributed by atoms with Crippen molar-refractivity contribution >= 4 is 5.97 Å². The number of ether oxygens (including phenoxy) is 1. The molecule has 1 rings (SSSR count).